The Kier molecular flexibility index (Phi) is 6.87. The van der Waals surface area contributed by atoms with Gasteiger partial charge in [-0.2, -0.15) is 0 Å². The molecule has 30 heavy (non-hydrogen) atoms. The molecule has 0 aliphatic carbocycles. The number of hydrogen-bond donors (Lipinski definition) is 2. The van der Waals surface area contributed by atoms with Crippen LogP contribution in [0.3, 0.4) is 0 Å². The van der Waals surface area contributed by atoms with Crippen LogP contribution in [0.5, 0.6) is 5.75 Å². The Morgan fingerprint density at radius 2 is 1.77 bits per heavy atom. The number of carbonyl (C=O) groups is 2. The van der Waals surface area contributed by atoms with Crippen molar-refractivity contribution in [3.8, 4) is 5.75 Å². The maximum absolute atomic E-state index is 12.8. The summed E-state index contributed by atoms with van der Waals surface area (Å²) in [6, 6.07) is 7.71. The molecule has 1 aliphatic heterocycles. The van der Waals surface area contributed by atoms with Gasteiger partial charge in [0.15, 0.2) is 0 Å². The van der Waals surface area contributed by atoms with E-state index >= 15 is 0 Å². The van der Waals surface area contributed by atoms with Gasteiger partial charge >= 0.3 is 5.97 Å². The molecule has 2 N–H and O–H groups in total. The van der Waals surface area contributed by atoms with E-state index in [0.717, 1.165) is 17.0 Å². The van der Waals surface area contributed by atoms with Crippen molar-refractivity contribution in [3.63, 3.8) is 0 Å². The highest BCUT2D eigenvalue weighted by atomic mass is 16.5. The number of piperidine rings is 1. The van der Waals surface area contributed by atoms with E-state index in [1.807, 2.05) is 19.9 Å². The van der Waals surface area contributed by atoms with Crippen molar-refractivity contribution >= 4 is 17.8 Å². The number of nitrogens with one attached hydrogen (secondary N) is 1. The first-order valence-corrected chi connectivity index (χ1v) is 10.1. The van der Waals surface area contributed by atoms with Crippen LogP contribution in [0.25, 0.3) is 0 Å². The molecule has 0 radical (unpaired) electrons. The zero-order valence-corrected chi connectivity index (χ0v) is 17.6. The number of phenolic OH excluding ortho intramolecular Hbond substituents is 1. The first-order chi connectivity index (χ1) is 14.4. The van der Waals surface area contributed by atoms with Crippen LogP contribution in [-0.2, 0) is 20.7 Å². The minimum atomic E-state index is -0.771. The van der Waals surface area contributed by atoms with Gasteiger partial charge in [-0.3, -0.25) is 4.79 Å². The van der Waals surface area contributed by atoms with Crippen LogP contribution in [0.1, 0.15) is 29.8 Å². The minimum Gasteiger partial charge on any atom is -0.508 e. The first kappa shape index (κ1) is 21.5. The Hall–Kier alpha value is -3.16. The molecule has 8 heteroatoms. The number of benzene rings is 1. The van der Waals surface area contributed by atoms with Crippen LogP contribution in [0.4, 0.5) is 5.95 Å². The van der Waals surface area contributed by atoms with Crippen molar-refractivity contribution in [1.29, 1.82) is 0 Å². The molecule has 1 aliphatic rings. The number of methoxy groups -OCH3 is 1. The SMILES string of the molecule is COC(=O)C(Cc1ccc(O)cc1)NC(=O)C1CCN(c2nc(C)cc(C)n2)CC1. The van der Waals surface area contributed by atoms with E-state index in [9.17, 15) is 14.7 Å². The number of aromatic nitrogens is 2. The summed E-state index contributed by atoms with van der Waals surface area (Å²) in [6.07, 6.45) is 1.62. The highest BCUT2D eigenvalue weighted by molar-refractivity contribution is 5.86. The van der Waals surface area contributed by atoms with Gasteiger partial charge in [0.05, 0.1) is 7.11 Å². The Balaban J connectivity index is 1.59. The third-order valence-electron chi connectivity index (χ3n) is 5.30. The number of carbonyl (C=O) groups excluding carboxylic acids is 2. The van der Waals surface area contributed by atoms with E-state index in [2.05, 4.69) is 20.2 Å². The molecule has 1 unspecified atom stereocenters. The van der Waals surface area contributed by atoms with Crippen molar-refractivity contribution in [2.45, 2.75) is 39.2 Å². The molecule has 3 rings (SSSR count). The van der Waals surface area contributed by atoms with Crippen molar-refractivity contribution in [2.75, 3.05) is 25.1 Å². The Morgan fingerprint density at radius 1 is 1.17 bits per heavy atom. The fraction of sp³-hybridized carbons (Fsp3) is 0.455. The third kappa shape index (κ3) is 5.46. The van der Waals surface area contributed by atoms with E-state index in [0.29, 0.717) is 38.3 Å². The second-order valence-electron chi connectivity index (χ2n) is 7.67. The molecular formula is C22H28N4O4. The predicted molar refractivity (Wildman–Crippen MR) is 112 cm³/mol. The predicted octanol–water partition coefficient (Wildman–Crippen LogP) is 1.92. The molecule has 1 atom stereocenters. The Morgan fingerprint density at radius 3 is 2.33 bits per heavy atom. The highest BCUT2D eigenvalue weighted by Crippen LogP contribution is 2.22. The summed E-state index contributed by atoms with van der Waals surface area (Å²) in [6.45, 7) is 5.25. The zero-order chi connectivity index (χ0) is 21.7. The van der Waals surface area contributed by atoms with Gasteiger partial charge in [-0.05, 0) is 50.5 Å². The van der Waals surface area contributed by atoms with Crippen LogP contribution < -0.4 is 10.2 Å². The lowest BCUT2D eigenvalue weighted by molar-refractivity contribution is -0.145. The Bertz CT molecular complexity index is 872. The fourth-order valence-corrected chi connectivity index (χ4v) is 3.68. The van der Waals surface area contributed by atoms with Gasteiger partial charge in [-0.15, -0.1) is 0 Å². The summed E-state index contributed by atoms with van der Waals surface area (Å²) in [5, 5.41) is 12.3. The number of aryl methyl sites for hydroxylation is 2. The van der Waals surface area contributed by atoms with Gasteiger partial charge in [0.2, 0.25) is 11.9 Å². The average Bonchev–Trinajstić information content (AvgIpc) is 2.73. The number of anilines is 1. The molecule has 2 heterocycles. The number of amides is 1. The number of aromatic hydroxyl groups is 1. The Labute approximate surface area is 176 Å². The lowest BCUT2D eigenvalue weighted by atomic mass is 9.95. The van der Waals surface area contributed by atoms with E-state index < -0.39 is 12.0 Å². The van der Waals surface area contributed by atoms with Crippen molar-refractivity contribution < 1.29 is 19.4 Å². The van der Waals surface area contributed by atoms with Crippen LogP contribution >= 0.6 is 0 Å². The number of hydrogen-bond acceptors (Lipinski definition) is 7. The normalized spacial score (nSPS) is 15.5. The zero-order valence-electron chi connectivity index (χ0n) is 17.6. The lowest BCUT2D eigenvalue weighted by Crippen LogP contribution is -2.48. The molecule has 8 nitrogen and oxygen atoms in total. The quantitative estimate of drug-likeness (QED) is 0.699. The summed E-state index contributed by atoms with van der Waals surface area (Å²) in [4.78, 5) is 36.1. The average molecular weight is 412 g/mol. The van der Waals surface area contributed by atoms with Gasteiger partial charge in [0.25, 0.3) is 0 Å². The second-order valence-corrected chi connectivity index (χ2v) is 7.67. The van der Waals surface area contributed by atoms with E-state index in [4.69, 9.17) is 4.74 Å². The maximum atomic E-state index is 12.8. The summed E-state index contributed by atoms with van der Waals surface area (Å²) in [5.74, 6) is 0.0323. The molecule has 0 saturated carbocycles. The van der Waals surface area contributed by atoms with E-state index in [-0.39, 0.29) is 17.6 Å². The topological polar surface area (TPSA) is 105 Å². The summed E-state index contributed by atoms with van der Waals surface area (Å²) < 4.78 is 4.87. The van der Waals surface area contributed by atoms with Crippen LogP contribution in [0.15, 0.2) is 30.3 Å². The van der Waals surface area contributed by atoms with Gasteiger partial charge in [0, 0.05) is 36.8 Å². The number of ether oxygens (including phenoxy) is 1. The summed E-state index contributed by atoms with van der Waals surface area (Å²) >= 11 is 0. The standard InChI is InChI=1S/C22H28N4O4/c1-14-12-15(2)24-22(23-14)26-10-8-17(9-11-26)20(28)25-19(21(29)30-3)13-16-4-6-18(27)7-5-16/h4-7,12,17,19,27H,8-11,13H2,1-3H3,(H,25,28). The van der Waals surface area contributed by atoms with Crippen LogP contribution in [0.2, 0.25) is 0 Å². The third-order valence-corrected chi connectivity index (χ3v) is 5.30. The number of nitrogens with zero attached hydrogens (tertiary/aromatic N) is 3. The van der Waals surface area contributed by atoms with Gasteiger partial charge < -0.3 is 20.1 Å². The van der Waals surface area contributed by atoms with Crippen LogP contribution in [0, 0.1) is 19.8 Å². The van der Waals surface area contributed by atoms with E-state index in [1.165, 1.54) is 7.11 Å². The molecule has 2 aromatic rings. The van der Waals surface area contributed by atoms with Crippen molar-refractivity contribution in [1.82, 2.24) is 15.3 Å². The van der Waals surface area contributed by atoms with Gasteiger partial charge in [-0.1, -0.05) is 12.1 Å². The molecule has 1 aromatic heterocycles. The molecule has 160 valence electrons. The number of esters is 1. The van der Waals surface area contributed by atoms with E-state index in [1.54, 1.807) is 24.3 Å². The molecule has 1 saturated heterocycles. The molecule has 0 spiro atoms. The smallest absolute Gasteiger partial charge is 0.328 e. The lowest BCUT2D eigenvalue weighted by Gasteiger charge is -2.32. The number of phenols is 1. The first-order valence-electron chi connectivity index (χ1n) is 10.1. The maximum Gasteiger partial charge on any atom is 0.328 e. The van der Waals surface area contributed by atoms with Crippen LogP contribution in [-0.4, -0.2) is 53.2 Å². The highest BCUT2D eigenvalue weighted by Gasteiger charge is 2.30. The minimum absolute atomic E-state index is 0.148. The van der Waals surface area contributed by atoms with Gasteiger partial charge in [0.1, 0.15) is 11.8 Å². The monoisotopic (exact) mass is 412 g/mol. The van der Waals surface area contributed by atoms with Gasteiger partial charge in [-0.25, -0.2) is 14.8 Å². The number of rotatable bonds is 6. The molecule has 1 fully saturated rings. The molecular weight excluding hydrogens is 384 g/mol. The van der Waals surface area contributed by atoms with Crippen molar-refractivity contribution in [2.24, 2.45) is 5.92 Å². The summed E-state index contributed by atoms with van der Waals surface area (Å²) in [5.41, 5.74) is 2.67. The van der Waals surface area contributed by atoms with Crippen molar-refractivity contribution in [3.05, 3.63) is 47.3 Å². The molecule has 1 amide bonds. The largest absolute Gasteiger partial charge is 0.508 e. The fourth-order valence-electron chi connectivity index (χ4n) is 3.68. The summed E-state index contributed by atoms with van der Waals surface area (Å²) in [7, 11) is 1.31. The molecule has 0 bridgehead atoms. The molecule has 1 aromatic carbocycles. The second kappa shape index (κ2) is 9.56.